The maximum Gasteiger partial charge on any atom is 0.260 e. The molecule has 2 aromatic carbocycles. The van der Waals surface area contributed by atoms with E-state index in [4.69, 9.17) is 9.40 Å². The molecule has 0 aliphatic heterocycles. The number of thiazole rings is 1. The Morgan fingerprint density at radius 3 is 2.49 bits per heavy atom. The molecule has 0 unspecified atom stereocenters. The lowest BCUT2D eigenvalue weighted by molar-refractivity contribution is 0.0983. The van der Waals surface area contributed by atoms with Crippen molar-refractivity contribution in [2.45, 2.75) is 63.4 Å². The summed E-state index contributed by atoms with van der Waals surface area (Å²) in [5, 5.41) is 0.568. The molecule has 1 saturated carbocycles. The minimum absolute atomic E-state index is 0.0231. The molecule has 1 aliphatic rings. The van der Waals surface area contributed by atoms with Crippen molar-refractivity contribution in [3.05, 3.63) is 77.2 Å². The SMILES string of the molecule is Cc1cc(C)c2sc(N(Cc3ccco3)C(=O)c3ccc(S(=O)(=O)N(C)C4CCCCC4)cc3)nc2c1. The second-order valence-electron chi connectivity index (χ2n) is 9.73. The molecule has 0 radical (unpaired) electrons. The summed E-state index contributed by atoms with van der Waals surface area (Å²) in [6, 6.07) is 14.0. The number of amides is 1. The van der Waals surface area contributed by atoms with E-state index < -0.39 is 10.0 Å². The van der Waals surface area contributed by atoms with Crippen molar-refractivity contribution in [3.63, 3.8) is 0 Å². The highest BCUT2D eigenvalue weighted by Crippen LogP contribution is 2.34. The van der Waals surface area contributed by atoms with Gasteiger partial charge in [0, 0.05) is 18.7 Å². The Labute approximate surface area is 221 Å². The summed E-state index contributed by atoms with van der Waals surface area (Å²) in [4.78, 5) is 20.3. The van der Waals surface area contributed by atoms with E-state index >= 15 is 0 Å². The van der Waals surface area contributed by atoms with Gasteiger partial charge in [0.1, 0.15) is 5.76 Å². The van der Waals surface area contributed by atoms with Crippen LogP contribution in [0, 0.1) is 13.8 Å². The molecule has 0 bridgehead atoms. The fourth-order valence-electron chi connectivity index (χ4n) is 5.00. The second-order valence-corrected chi connectivity index (χ2v) is 12.7. The molecule has 0 spiro atoms. The minimum Gasteiger partial charge on any atom is -0.467 e. The van der Waals surface area contributed by atoms with Gasteiger partial charge in [-0.15, -0.1) is 0 Å². The number of aryl methyl sites for hydroxylation is 2. The number of rotatable bonds is 7. The normalized spacial score (nSPS) is 14.9. The lowest BCUT2D eigenvalue weighted by Crippen LogP contribution is -2.38. The van der Waals surface area contributed by atoms with Crippen LogP contribution in [0.25, 0.3) is 10.2 Å². The molecule has 1 fully saturated rings. The number of fused-ring (bicyclic) bond motifs is 1. The van der Waals surface area contributed by atoms with Crippen LogP contribution in [0.15, 0.2) is 64.1 Å². The smallest absolute Gasteiger partial charge is 0.260 e. The zero-order valence-corrected chi connectivity index (χ0v) is 22.9. The van der Waals surface area contributed by atoms with Crippen LogP contribution in [0.1, 0.15) is 59.3 Å². The van der Waals surface area contributed by atoms with E-state index in [0.717, 1.165) is 53.4 Å². The van der Waals surface area contributed by atoms with Gasteiger partial charge < -0.3 is 4.42 Å². The van der Waals surface area contributed by atoms with Crippen molar-refractivity contribution in [3.8, 4) is 0 Å². The van der Waals surface area contributed by atoms with Gasteiger partial charge in [-0.25, -0.2) is 13.4 Å². The first-order chi connectivity index (χ1) is 17.7. The molecule has 2 aromatic heterocycles. The molecular weight excluding hydrogens is 506 g/mol. The molecule has 7 nitrogen and oxygen atoms in total. The van der Waals surface area contributed by atoms with E-state index in [1.807, 2.05) is 26.0 Å². The molecule has 0 atom stereocenters. The molecular formula is C28H31N3O4S2. The van der Waals surface area contributed by atoms with Gasteiger partial charge in [0.25, 0.3) is 5.91 Å². The predicted molar refractivity (Wildman–Crippen MR) is 147 cm³/mol. The lowest BCUT2D eigenvalue weighted by Gasteiger charge is -2.30. The van der Waals surface area contributed by atoms with E-state index in [-0.39, 0.29) is 23.4 Å². The number of hydrogen-bond acceptors (Lipinski definition) is 6. The van der Waals surface area contributed by atoms with Crippen molar-refractivity contribution in [1.82, 2.24) is 9.29 Å². The van der Waals surface area contributed by atoms with E-state index in [2.05, 4.69) is 6.07 Å². The summed E-state index contributed by atoms with van der Waals surface area (Å²) in [6.45, 7) is 4.28. The van der Waals surface area contributed by atoms with Crippen LogP contribution in [-0.2, 0) is 16.6 Å². The number of sulfonamides is 1. The Bertz CT molecular complexity index is 1500. The predicted octanol–water partition coefficient (Wildman–Crippen LogP) is 6.31. The van der Waals surface area contributed by atoms with Crippen molar-refractivity contribution in [2.24, 2.45) is 0 Å². The van der Waals surface area contributed by atoms with Crippen molar-refractivity contribution >= 4 is 42.6 Å². The monoisotopic (exact) mass is 537 g/mol. The van der Waals surface area contributed by atoms with Crippen molar-refractivity contribution in [2.75, 3.05) is 11.9 Å². The third-order valence-electron chi connectivity index (χ3n) is 7.05. The van der Waals surface area contributed by atoms with Crippen LogP contribution in [0.4, 0.5) is 5.13 Å². The molecule has 0 saturated heterocycles. The van der Waals surface area contributed by atoms with Gasteiger partial charge >= 0.3 is 0 Å². The first-order valence-corrected chi connectivity index (χ1v) is 14.8. The van der Waals surface area contributed by atoms with Gasteiger partial charge in [-0.3, -0.25) is 9.69 Å². The average molecular weight is 538 g/mol. The standard InChI is InChI=1S/C28H31N3O4S2/c1-19-16-20(2)26-25(17-19)29-28(36-26)31(18-23-10-7-15-35-23)27(32)21-11-13-24(14-12-21)37(33,34)30(3)22-8-5-4-6-9-22/h7,10-17,22H,4-6,8-9,18H2,1-3H3. The molecule has 2 heterocycles. The van der Waals surface area contributed by atoms with Gasteiger partial charge in [0.15, 0.2) is 5.13 Å². The average Bonchev–Trinajstić information content (AvgIpc) is 3.57. The van der Waals surface area contributed by atoms with E-state index in [9.17, 15) is 13.2 Å². The summed E-state index contributed by atoms with van der Waals surface area (Å²) in [5.41, 5.74) is 3.46. The van der Waals surface area contributed by atoms with Crippen molar-refractivity contribution in [1.29, 1.82) is 0 Å². The molecule has 37 heavy (non-hydrogen) atoms. The number of carbonyl (C=O) groups excluding carboxylic acids is 1. The lowest BCUT2D eigenvalue weighted by atomic mass is 9.96. The number of carbonyl (C=O) groups is 1. The van der Waals surface area contributed by atoms with Crippen LogP contribution in [0.2, 0.25) is 0 Å². The Morgan fingerprint density at radius 1 is 1.08 bits per heavy atom. The van der Waals surface area contributed by atoms with Gasteiger partial charge in [-0.05, 0) is 80.3 Å². The molecule has 1 aliphatic carbocycles. The quantitative estimate of drug-likeness (QED) is 0.276. The molecule has 4 aromatic rings. The highest BCUT2D eigenvalue weighted by Gasteiger charge is 2.30. The van der Waals surface area contributed by atoms with Crippen LogP contribution < -0.4 is 4.90 Å². The number of nitrogens with zero attached hydrogens (tertiary/aromatic N) is 3. The van der Waals surface area contributed by atoms with Crippen LogP contribution in [0.3, 0.4) is 0 Å². The van der Waals surface area contributed by atoms with Gasteiger partial charge in [0.2, 0.25) is 10.0 Å². The Morgan fingerprint density at radius 2 is 1.81 bits per heavy atom. The Hall–Kier alpha value is -3.01. The van der Waals surface area contributed by atoms with Gasteiger partial charge in [0.05, 0.1) is 27.9 Å². The summed E-state index contributed by atoms with van der Waals surface area (Å²) >= 11 is 1.46. The van der Waals surface area contributed by atoms with Crippen molar-refractivity contribution < 1.29 is 17.6 Å². The Balaban J connectivity index is 1.45. The largest absolute Gasteiger partial charge is 0.467 e. The highest BCUT2D eigenvalue weighted by atomic mass is 32.2. The first kappa shape index (κ1) is 25.6. The molecule has 0 N–H and O–H groups in total. The molecule has 9 heteroatoms. The van der Waals surface area contributed by atoms with Gasteiger partial charge in [-0.2, -0.15) is 4.31 Å². The fraction of sp³-hybridized carbons (Fsp3) is 0.357. The zero-order valence-electron chi connectivity index (χ0n) is 21.3. The van der Waals surface area contributed by atoms with Crippen LogP contribution >= 0.6 is 11.3 Å². The number of hydrogen-bond donors (Lipinski definition) is 0. The number of anilines is 1. The second kappa shape index (κ2) is 10.4. The Kier molecular flexibility index (Phi) is 7.20. The third kappa shape index (κ3) is 5.21. The number of furan rings is 1. The summed E-state index contributed by atoms with van der Waals surface area (Å²) in [6.07, 6.45) is 6.60. The third-order valence-corrected chi connectivity index (χ3v) is 10.2. The van der Waals surface area contributed by atoms with E-state index in [0.29, 0.717) is 16.5 Å². The topological polar surface area (TPSA) is 83.7 Å². The zero-order chi connectivity index (χ0) is 26.2. The summed E-state index contributed by atoms with van der Waals surface area (Å²) in [7, 11) is -1.98. The number of aromatic nitrogens is 1. The summed E-state index contributed by atoms with van der Waals surface area (Å²) in [5.74, 6) is 0.364. The maximum absolute atomic E-state index is 13.7. The number of benzene rings is 2. The van der Waals surface area contributed by atoms with Gasteiger partial charge in [-0.1, -0.05) is 36.7 Å². The molecule has 194 valence electrons. The van der Waals surface area contributed by atoms with Crippen LogP contribution in [-0.4, -0.2) is 36.7 Å². The summed E-state index contributed by atoms with van der Waals surface area (Å²) < 4.78 is 34.6. The first-order valence-electron chi connectivity index (χ1n) is 12.5. The van der Waals surface area contributed by atoms with Crippen LogP contribution in [0.5, 0.6) is 0 Å². The van der Waals surface area contributed by atoms with E-state index in [1.54, 1.807) is 36.4 Å². The minimum atomic E-state index is -3.64. The fourth-order valence-corrected chi connectivity index (χ4v) is 7.43. The van der Waals surface area contributed by atoms with E-state index in [1.165, 1.54) is 27.8 Å². The maximum atomic E-state index is 13.7. The highest BCUT2D eigenvalue weighted by molar-refractivity contribution is 7.89. The molecule has 5 rings (SSSR count). The molecule has 1 amide bonds.